The zero-order chi connectivity index (χ0) is 33.1. The molecule has 2 saturated heterocycles. The van der Waals surface area contributed by atoms with E-state index in [1.54, 1.807) is 6.92 Å². The quantitative estimate of drug-likeness (QED) is 0.169. The number of ether oxygens (including phenoxy) is 6. The number of carbonyl (C=O) groups is 1. The molecule has 15 heteroatoms. The predicted molar refractivity (Wildman–Crippen MR) is 164 cm³/mol. The van der Waals surface area contributed by atoms with Crippen LogP contribution >= 0.6 is 0 Å². The van der Waals surface area contributed by atoms with Gasteiger partial charge in [0.05, 0.1) is 32.3 Å². The number of H-pyrrole nitrogens is 1. The molecule has 15 nitrogen and oxygen atoms in total. The van der Waals surface area contributed by atoms with Crippen molar-refractivity contribution in [2.75, 3.05) is 12.3 Å². The Labute approximate surface area is 269 Å². The number of aliphatic hydroxyl groups is 2. The smallest absolute Gasteiger partial charge is 0.303 e. The molecule has 4 heterocycles. The van der Waals surface area contributed by atoms with E-state index < -0.39 is 73.4 Å². The van der Waals surface area contributed by atoms with Gasteiger partial charge in [-0.15, -0.1) is 0 Å². The molecule has 5 N–H and O–H groups in total. The molecule has 0 aliphatic carbocycles. The summed E-state index contributed by atoms with van der Waals surface area (Å²) in [7, 11) is 0. The fourth-order valence-corrected chi connectivity index (χ4v) is 5.88. The second-order valence-corrected chi connectivity index (χ2v) is 11.4. The van der Waals surface area contributed by atoms with Gasteiger partial charge in [-0.2, -0.15) is 4.98 Å². The molecule has 0 radical (unpaired) electrons. The lowest BCUT2D eigenvalue weighted by Crippen LogP contribution is -2.61. The second-order valence-electron chi connectivity index (χ2n) is 11.4. The molecule has 250 valence electrons. The minimum absolute atomic E-state index is 0.00588. The van der Waals surface area contributed by atoms with Gasteiger partial charge in [-0.3, -0.25) is 19.1 Å². The van der Waals surface area contributed by atoms with Gasteiger partial charge in [0.15, 0.2) is 29.8 Å². The van der Waals surface area contributed by atoms with Gasteiger partial charge in [-0.05, 0) is 18.1 Å². The summed E-state index contributed by atoms with van der Waals surface area (Å²) in [4.78, 5) is 35.2. The maximum Gasteiger partial charge on any atom is 0.303 e. The van der Waals surface area contributed by atoms with Crippen LogP contribution in [0.3, 0.4) is 0 Å². The SMILES string of the molecule is CC(=O)O[C@H]1[C@@H](OCc2ccccc2)[C@H](OCc2ccccc2)[C@H](O[C@H]2[C@@H](O)[C@H](n3cnc4c(=O)[nH]c(N)nc43)O[C@@H]2CO)O[C@H]1C. The van der Waals surface area contributed by atoms with Crippen molar-refractivity contribution in [3.63, 3.8) is 0 Å². The molecule has 6 rings (SSSR count). The van der Waals surface area contributed by atoms with Crippen molar-refractivity contribution < 1.29 is 43.4 Å². The monoisotopic (exact) mass is 651 g/mol. The first kappa shape index (κ1) is 32.7. The number of aromatic nitrogens is 4. The number of anilines is 1. The van der Waals surface area contributed by atoms with Crippen LogP contribution < -0.4 is 11.3 Å². The van der Waals surface area contributed by atoms with Crippen LogP contribution in [-0.2, 0) is 46.4 Å². The summed E-state index contributed by atoms with van der Waals surface area (Å²) in [6.45, 7) is 2.81. The van der Waals surface area contributed by atoms with E-state index >= 15 is 0 Å². The largest absolute Gasteiger partial charge is 0.457 e. The number of rotatable bonds is 11. The molecule has 0 bridgehead atoms. The van der Waals surface area contributed by atoms with Gasteiger partial charge in [-0.1, -0.05) is 60.7 Å². The van der Waals surface area contributed by atoms with Gasteiger partial charge in [0, 0.05) is 6.92 Å². The van der Waals surface area contributed by atoms with E-state index in [4.69, 9.17) is 34.2 Å². The lowest BCUT2D eigenvalue weighted by atomic mass is 9.98. The number of benzene rings is 2. The van der Waals surface area contributed by atoms with Crippen LogP contribution in [0.1, 0.15) is 31.2 Å². The Bertz CT molecular complexity index is 1700. The first-order valence-electron chi connectivity index (χ1n) is 15.2. The van der Waals surface area contributed by atoms with Crippen LogP contribution in [-0.4, -0.2) is 91.3 Å². The van der Waals surface area contributed by atoms with Crippen LogP contribution in [0, 0.1) is 0 Å². The highest BCUT2D eigenvalue weighted by Crippen LogP contribution is 2.37. The Balaban J connectivity index is 1.30. The van der Waals surface area contributed by atoms with Crippen LogP contribution in [0.25, 0.3) is 11.2 Å². The summed E-state index contributed by atoms with van der Waals surface area (Å²) >= 11 is 0. The lowest BCUT2D eigenvalue weighted by Gasteiger charge is -2.45. The average molecular weight is 652 g/mol. The highest BCUT2D eigenvalue weighted by atomic mass is 16.7. The van der Waals surface area contributed by atoms with Crippen LogP contribution in [0.5, 0.6) is 0 Å². The number of imidazole rings is 1. The van der Waals surface area contributed by atoms with E-state index in [9.17, 15) is 19.8 Å². The molecule has 0 spiro atoms. The molecule has 2 aromatic heterocycles. The topological polar surface area (TPSA) is 202 Å². The molecule has 47 heavy (non-hydrogen) atoms. The standard InChI is InChI=1S/C32H37N5O10/c1-17-24(45-18(2)39)26(42-14-19-9-5-3-6-10-19)27(43-15-20-11-7-4-8-12-20)31(44-17)47-25-21(13-38)46-30(23(25)40)37-16-34-22-28(37)35-32(33)36-29(22)41/h3-12,16-17,21,23-27,30-31,38,40H,13-15H2,1-2H3,(H3,33,35,36,41)/t17-,21+,23+,24+,25+,26+,27-,30+,31-/m0/s1. The number of nitrogens with one attached hydrogen (secondary N) is 1. The van der Waals surface area contributed by atoms with Gasteiger partial charge in [0.1, 0.15) is 30.5 Å². The molecule has 2 aromatic carbocycles. The van der Waals surface area contributed by atoms with E-state index in [0.717, 1.165) is 11.1 Å². The van der Waals surface area contributed by atoms with Gasteiger partial charge >= 0.3 is 5.97 Å². The summed E-state index contributed by atoms with van der Waals surface area (Å²) in [6.07, 6.45) is -8.04. The Morgan fingerprint density at radius 3 is 2.23 bits per heavy atom. The third-order valence-electron chi connectivity index (χ3n) is 8.11. The number of hydrogen-bond donors (Lipinski definition) is 4. The van der Waals surface area contributed by atoms with Crippen molar-refractivity contribution in [1.29, 1.82) is 0 Å². The molecular weight excluding hydrogens is 614 g/mol. The summed E-state index contributed by atoms with van der Waals surface area (Å²) in [5.41, 5.74) is 7.02. The summed E-state index contributed by atoms with van der Waals surface area (Å²) in [6, 6.07) is 18.9. The highest BCUT2D eigenvalue weighted by molar-refractivity contribution is 5.70. The molecule has 9 atom stereocenters. The van der Waals surface area contributed by atoms with E-state index in [1.807, 2.05) is 60.7 Å². The van der Waals surface area contributed by atoms with E-state index in [1.165, 1.54) is 17.8 Å². The van der Waals surface area contributed by atoms with E-state index in [-0.39, 0.29) is 30.3 Å². The van der Waals surface area contributed by atoms with Crippen LogP contribution in [0.2, 0.25) is 0 Å². The fraction of sp³-hybridized carbons (Fsp3) is 0.438. The number of nitrogens with zero attached hydrogens (tertiary/aromatic N) is 3. The minimum atomic E-state index is -1.39. The molecule has 0 unspecified atom stereocenters. The minimum Gasteiger partial charge on any atom is -0.457 e. The van der Waals surface area contributed by atoms with Gasteiger partial charge in [0.25, 0.3) is 5.56 Å². The van der Waals surface area contributed by atoms with Gasteiger partial charge in [-0.25, -0.2) is 4.98 Å². The lowest BCUT2D eigenvalue weighted by molar-refractivity contribution is -0.329. The molecule has 4 aromatic rings. The number of aliphatic hydroxyl groups excluding tert-OH is 2. The van der Waals surface area contributed by atoms with Crippen molar-refractivity contribution in [2.45, 2.75) is 82.3 Å². The molecule has 2 aliphatic heterocycles. The summed E-state index contributed by atoms with van der Waals surface area (Å²) in [5.74, 6) is -0.668. The molecule has 0 saturated carbocycles. The Morgan fingerprint density at radius 2 is 1.62 bits per heavy atom. The number of fused-ring (bicyclic) bond motifs is 1. The number of esters is 1. The Kier molecular flexibility index (Phi) is 9.93. The third kappa shape index (κ3) is 7.06. The summed E-state index contributed by atoms with van der Waals surface area (Å²) in [5, 5.41) is 21.8. The maximum atomic E-state index is 12.4. The number of nitrogen functional groups attached to an aromatic ring is 1. The van der Waals surface area contributed by atoms with Crippen molar-refractivity contribution in [2.24, 2.45) is 0 Å². The second kappa shape index (κ2) is 14.3. The van der Waals surface area contributed by atoms with Crippen LogP contribution in [0.4, 0.5) is 5.95 Å². The molecular formula is C32H37N5O10. The van der Waals surface area contributed by atoms with Crippen molar-refractivity contribution >= 4 is 23.1 Å². The Hall–Kier alpha value is -4.22. The predicted octanol–water partition coefficient (Wildman–Crippen LogP) is 1.18. The maximum absolute atomic E-state index is 12.4. The van der Waals surface area contributed by atoms with Crippen molar-refractivity contribution in [3.05, 3.63) is 88.5 Å². The first-order chi connectivity index (χ1) is 22.7. The highest BCUT2D eigenvalue weighted by Gasteiger charge is 2.53. The van der Waals surface area contributed by atoms with Gasteiger partial charge < -0.3 is 44.4 Å². The zero-order valence-electron chi connectivity index (χ0n) is 25.7. The van der Waals surface area contributed by atoms with E-state index in [0.29, 0.717) is 0 Å². The average Bonchev–Trinajstić information content (AvgIpc) is 3.62. The van der Waals surface area contributed by atoms with Crippen molar-refractivity contribution in [1.82, 2.24) is 19.5 Å². The third-order valence-corrected chi connectivity index (χ3v) is 8.11. The zero-order valence-corrected chi connectivity index (χ0v) is 25.7. The number of aromatic amines is 1. The summed E-state index contributed by atoms with van der Waals surface area (Å²) < 4.78 is 38.6. The number of carbonyl (C=O) groups excluding carboxylic acids is 1. The van der Waals surface area contributed by atoms with Crippen molar-refractivity contribution in [3.8, 4) is 0 Å². The Morgan fingerprint density at radius 1 is 0.979 bits per heavy atom. The van der Waals surface area contributed by atoms with Gasteiger partial charge in [0.2, 0.25) is 5.95 Å². The number of nitrogens with two attached hydrogens (primary N) is 1. The number of hydrogen-bond acceptors (Lipinski definition) is 13. The molecule has 2 fully saturated rings. The molecule has 2 aliphatic rings. The van der Waals surface area contributed by atoms with Crippen LogP contribution in [0.15, 0.2) is 71.8 Å². The van der Waals surface area contributed by atoms with E-state index in [2.05, 4.69) is 15.0 Å². The normalized spacial score (nSPS) is 29.2. The molecule has 0 amide bonds. The first-order valence-corrected chi connectivity index (χ1v) is 15.2. The fourth-order valence-electron chi connectivity index (χ4n) is 5.88.